The molecule has 1 fully saturated rings. The molecular formula is C16H25F3O4. The van der Waals surface area contributed by atoms with Crippen LogP contribution in [0.1, 0.15) is 59.8 Å². The van der Waals surface area contributed by atoms with Crippen molar-refractivity contribution in [2.75, 3.05) is 0 Å². The van der Waals surface area contributed by atoms with Crippen molar-refractivity contribution in [3.05, 3.63) is 0 Å². The second-order valence-electron chi connectivity index (χ2n) is 7.75. The fourth-order valence-corrected chi connectivity index (χ4v) is 2.53. The van der Waals surface area contributed by atoms with E-state index in [1.54, 1.807) is 20.8 Å². The van der Waals surface area contributed by atoms with Crippen molar-refractivity contribution >= 4 is 11.9 Å². The minimum atomic E-state index is -4.45. The van der Waals surface area contributed by atoms with Crippen molar-refractivity contribution in [1.82, 2.24) is 0 Å². The molecule has 0 spiro atoms. The largest absolute Gasteiger partial charge is 0.481 e. The summed E-state index contributed by atoms with van der Waals surface area (Å²) in [6.07, 6.45) is -4.35. The van der Waals surface area contributed by atoms with E-state index in [9.17, 15) is 27.9 Å². The Balaban J connectivity index is 2.93. The molecule has 4 nitrogen and oxygen atoms in total. The summed E-state index contributed by atoms with van der Waals surface area (Å²) in [5.74, 6) is -4.54. The van der Waals surface area contributed by atoms with Crippen LogP contribution in [-0.4, -0.2) is 28.8 Å². The van der Waals surface area contributed by atoms with Gasteiger partial charge in [0.1, 0.15) is 5.60 Å². The predicted molar refractivity (Wildman–Crippen MR) is 77.7 cm³/mol. The number of hydrogen-bond acceptors (Lipinski definition) is 3. The fraction of sp³-hybridized carbons (Fsp3) is 0.875. The number of halogens is 3. The molecule has 0 bridgehead atoms. The van der Waals surface area contributed by atoms with Crippen LogP contribution < -0.4 is 0 Å². The Kier molecular flexibility index (Phi) is 5.75. The first-order valence-corrected chi connectivity index (χ1v) is 7.75. The summed E-state index contributed by atoms with van der Waals surface area (Å²) < 4.78 is 42.6. The minimum absolute atomic E-state index is 0.173. The summed E-state index contributed by atoms with van der Waals surface area (Å²) in [4.78, 5) is 23.8. The summed E-state index contributed by atoms with van der Waals surface area (Å²) in [6, 6.07) is 0. The third kappa shape index (κ3) is 7.22. The van der Waals surface area contributed by atoms with E-state index in [4.69, 9.17) is 4.74 Å². The van der Waals surface area contributed by atoms with Gasteiger partial charge in [0.15, 0.2) is 0 Å². The maximum Gasteiger partial charge on any atom is 0.389 e. The molecule has 7 heteroatoms. The van der Waals surface area contributed by atoms with Crippen LogP contribution in [-0.2, 0) is 14.3 Å². The van der Waals surface area contributed by atoms with Gasteiger partial charge in [-0.05, 0) is 51.9 Å². The average Bonchev–Trinajstić information content (AvgIpc) is 3.01. The first-order chi connectivity index (χ1) is 10.2. The zero-order valence-corrected chi connectivity index (χ0v) is 14.0. The quantitative estimate of drug-likeness (QED) is 0.707. The number of aliphatic carboxylic acids is 1. The molecule has 1 saturated carbocycles. The summed E-state index contributed by atoms with van der Waals surface area (Å²) in [5.41, 5.74) is -0.986. The SMILES string of the molecule is CC1(C[C@H](C(=O)OC(C)(C)C)[C@@H](CCC(F)(F)F)C(=O)O)CC1. The Bertz CT molecular complexity index is 447. The van der Waals surface area contributed by atoms with Gasteiger partial charge in [0.05, 0.1) is 11.8 Å². The maximum atomic E-state index is 12.5. The number of rotatable bonds is 7. The van der Waals surface area contributed by atoms with Crippen molar-refractivity contribution in [3.63, 3.8) is 0 Å². The first kappa shape index (κ1) is 19.8. The molecule has 0 aliphatic heterocycles. The van der Waals surface area contributed by atoms with Crippen molar-refractivity contribution in [2.45, 2.75) is 71.6 Å². The molecule has 134 valence electrons. The van der Waals surface area contributed by atoms with Gasteiger partial charge in [0, 0.05) is 6.42 Å². The van der Waals surface area contributed by atoms with Crippen LogP contribution in [0.15, 0.2) is 0 Å². The number of alkyl halides is 3. The monoisotopic (exact) mass is 338 g/mol. The normalized spacial score (nSPS) is 19.8. The van der Waals surface area contributed by atoms with E-state index in [1.807, 2.05) is 6.92 Å². The molecule has 0 aromatic heterocycles. The number of carbonyl (C=O) groups is 2. The second kappa shape index (κ2) is 6.69. The van der Waals surface area contributed by atoms with Gasteiger partial charge in [-0.2, -0.15) is 13.2 Å². The summed E-state index contributed by atoms with van der Waals surface area (Å²) in [6.45, 7) is 6.85. The van der Waals surface area contributed by atoms with Gasteiger partial charge in [0.2, 0.25) is 0 Å². The van der Waals surface area contributed by atoms with Crippen LogP contribution in [0.25, 0.3) is 0 Å². The van der Waals surface area contributed by atoms with E-state index in [-0.39, 0.29) is 11.8 Å². The molecule has 2 atom stereocenters. The number of esters is 1. The van der Waals surface area contributed by atoms with Crippen LogP contribution in [0.5, 0.6) is 0 Å². The average molecular weight is 338 g/mol. The van der Waals surface area contributed by atoms with E-state index in [0.29, 0.717) is 0 Å². The lowest BCUT2D eigenvalue weighted by atomic mass is 9.81. The highest BCUT2D eigenvalue weighted by Gasteiger charge is 2.47. The number of hydrogen-bond donors (Lipinski definition) is 1. The van der Waals surface area contributed by atoms with Gasteiger partial charge in [-0.25, -0.2) is 0 Å². The highest BCUT2D eigenvalue weighted by molar-refractivity contribution is 5.81. The molecular weight excluding hydrogens is 313 g/mol. The predicted octanol–water partition coefficient (Wildman–Crippen LogP) is 4.18. The van der Waals surface area contributed by atoms with Crippen LogP contribution in [0.3, 0.4) is 0 Å². The van der Waals surface area contributed by atoms with E-state index >= 15 is 0 Å². The molecule has 0 aromatic carbocycles. The van der Waals surface area contributed by atoms with Crippen LogP contribution in [0.4, 0.5) is 13.2 Å². The Labute approximate surface area is 134 Å². The molecule has 0 unspecified atom stereocenters. The third-order valence-electron chi connectivity index (χ3n) is 4.07. The van der Waals surface area contributed by atoms with E-state index in [2.05, 4.69) is 0 Å². The second-order valence-corrected chi connectivity index (χ2v) is 7.75. The Hall–Kier alpha value is -1.27. The number of ether oxygens (including phenoxy) is 1. The molecule has 0 saturated heterocycles. The zero-order valence-electron chi connectivity index (χ0n) is 14.0. The molecule has 1 aliphatic carbocycles. The lowest BCUT2D eigenvalue weighted by Gasteiger charge is -2.29. The molecule has 1 aliphatic rings. The third-order valence-corrected chi connectivity index (χ3v) is 4.07. The Morgan fingerprint density at radius 1 is 1.17 bits per heavy atom. The molecule has 23 heavy (non-hydrogen) atoms. The Morgan fingerprint density at radius 3 is 2.04 bits per heavy atom. The highest BCUT2D eigenvalue weighted by Crippen LogP contribution is 2.51. The molecule has 1 rings (SSSR count). The van der Waals surface area contributed by atoms with E-state index in [0.717, 1.165) is 12.8 Å². The van der Waals surface area contributed by atoms with Crippen LogP contribution in [0, 0.1) is 17.3 Å². The number of carboxylic acids is 1. The van der Waals surface area contributed by atoms with Gasteiger partial charge in [-0.15, -0.1) is 0 Å². The number of carbonyl (C=O) groups excluding carboxylic acids is 1. The summed E-state index contributed by atoms with van der Waals surface area (Å²) in [5, 5.41) is 9.33. The van der Waals surface area contributed by atoms with Gasteiger partial charge in [0.25, 0.3) is 0 Å². The standard InChI is InChI=1S/C16H25F3O4/c1-14(2,3)23-13(22)11(9-15(4)7-8-15)10(12(20)21)5-6-16(17,18)19/h10-11H,5-9H2,1-4H3,(H,20,21)/t10-,11+/m1/s1. The van der Waals surface area contributed by atoms with Gasteiger partial charge >= 0.3 is 18.1 Å². The van der Waals surface area contributed by atoms with Crippen molar-refractivity contribution in [2.24, 2.45) is 17.3 Å². The highest BCUT2D eigenvalue weighted by atomic mass is 19.4. The van der Waals surface area contributed by atoms with Crippen molar-refractivity contribution in [1.29, 1.82) is 0 Å². The number of carboxylic acid groups (broad SMARTS) is 1. The van der Waals surface area contributed by atoms with Gasteiger partial charge in [-0.3, -0.25) is 9.59 Å². The molecule has 0 amide bonds. The smallest absolute Gasteiger partial charge is 0.389 e. The van der Waals surface area contributed by atoms with E-state index < -0.39 is 48.4 Å². The zero-order chi connectivity index (χ0) is 18.1. The topological polar surface area (TPSA) is 63.6 Å². The van der Waals surface area contributed by atoms with Crippen LogP contribution >= 0.6 is 0 Å². The fourth-order valence-electron chi connectivity index (χ4n) is 2.53. The molecule has 1 N–H and O–H groups in total. The molecule has 0 aromatic rings. The summed E-state index contributed by atoms with van der Waals surface area (Å²) in [7, 11) is 0. The van der Waals surface area contributed by atoms with Crippen molar-refractivity contribution < 1.29 is 32.6 Å². The van der Waals surface area contributed by atoms with Crippen LogP contribution in [0.2, 0.25) is 0 Å². The first-order valence-electron chi connectivity index (χ1n) is 7.75. The Morgan fingerprint density at radius 2 is 1.70 bits per heavy atom. The maximum absolute atomic E-state index is 12.5. The molecule has 0 heterocycles. The lowest BCUT2D eigenvalue weighted by molar-refractivity contribution is -0.171. The lowest BCUT2D eigenvalue weighted by Crippen LogP contribution is -2.37. The van der Waals surface area contributed by atoms with Crippen molar-refractivity contribution in [3.8, 4) is 0 Å². The summed E-state index contributed by atoms with van der Waals surface area (Å²) >= 11 is 0. The van der Waals surface area contributed by atoms with E-state index in [1.165, 1.54) is 0 Å². The van der Waals surface area contributed by atoms with Gasteiger partial charge in [-0.1, -0.05) is 6.92 Å². The van der Waals surface area contributed by atoms with Gasteiger partial charge < -0.3 is 9.84 Å². The molecule has 0 radical (unpaired) electrons. The minimum Gasteiger partial charge on any atom is -0.481 e.